The molecular formula is C22H25N5O3S. The number of amides is 2. The van der Waals surface area contributed by atoms with Gasteiger partial charge in [-0.15, -0.1) is 11.3 Å². The summed E-state index contributed by atoms with van der Waals surface area (Å²) in [6, 6.07) is 8.99. The number of rotatable bonds is 6. The molecule has 31 heavy (non-hydrogen) atoms. The number of nitrogens with one attached hydrogen (secondary N) is 2. The minimum atomic E-state index is -0.260. The number of hydrogen-bond acceptors (Lipinski definition) is 6. The maximum atomic E-state index is 12.8. The van der Waals surface area contributed by atoms with Crippen LogP contribution in [0.1, 0.15) is 58.5 Å². The molecule has 1 aliphatic rings. The Bertz CT molecular complexity index is 1020. The van der Waals surface area contributed by atoms with Gasteiger partial charge in [-0.05, 0) is 51.0 Å². The molecule has 0 atom stereocenters. The number of ether oxygens (including phenoxy) is 1. The number of thiazole rings is 1. The van der Waals surface area contributed by atoms with Gasteiger partial charge in [0.05, 0.1) is 17.3 Å². The van der Waals surface area contributed by atoms with Gasteiger partial charge in [0.15, 0.2) is 0 Å². The molecule has 2 aromatic heterocycles. The fourth-order valence-corrected chi connectivity index (χ4v) is 4.52. The van der Waals surface area contributed by atoms with Crippen molar-refractivity contribution in [1.82, 2.24) is 20.1 Å². The molecule has 0 spiro atoms. The van der Waals surface area contributed by atoms with Crippen LogP contribution in [0.5, 0.6) is 5.75 Å². The second-order valence-electron chi connectivity index (χ2n) is 7.75. The van der Waals surface area contributed by atoms with E-state index in [2.05, 4.69) is 20.5 Å². The summed E-state index contributed by atoms with van der Waals surface area (Å²) in [5.74, 6) is 1.33. The third kappa shape index (κ3) is 5.11. The molecule has 0 unspecified atom stereocenters. The van der Waals surface area contributed by atoms with E-state index in [1.807, 2.05) is 43.0 Å². The van der Waals surface area contributed by atoms with Gasteiger partial charge in [-0.2, -0.15) is 5.10 Å². The highest BCUT2D eigenvalue weighted by Crippen LogP contribution is 2.31. The number of likely N-dealkylation sites (tertiary alicyclic amines) is 1. The molecule has 2 amide bonds. The minimum absolute atomic E-state index is 0.0355. The van der Waals surface area contributed by atoms with E-state index in [1.54, 1.807) is 17.6 Å². The van der Waals surface area contributed by atoms with Crippen molar-refractivity contribution in [3.05, 3.63) is 58.2 Å². The number of hydrogen-bond donors (Lipinski definition) is 2. The Kier molecular flexibility index (Phi) is 6.31. The normalized spacial score (nSPS) is 14.6. The predicted molar refractivity (Wildman–Crippen MR) is 119 cm³/mol. The van der Waals surface area contributed by atoms with Crippen LogP contribution in [0.15, 0.2) is 41.9 Å². The summed E-state index contributed by atoms with van der Waals surface area (Å²) >= 11 is 1.49. The molecule has 3 aromatic rings. The first-order valence-corrected chi connectivity index (χ1v) is 11.2. The van der Waals surface area contributed by atoms with Crippen LogP contribution in [-0.4, -0.2) is 51.1 Å². The number of carbonyl (C=O) groups excluding carboxylic acids is 2. The van der Waals surface area contributed by atoms with E-state index in [0.29, 0.717) is 30.2 Å². The lowest BCUT2D eigenvalue weighted by Crippen LogP contribution is -2.37. The third-order valence-electron chi connectivity index (χ3n) is 5.11. The lowest BCUT2D eigenvalue weighted by Gasteiger charge is -2.31. The van der Waals surface area contributed by atoms with Crippen LogP contribution < -0.4 is 10.1 Å². The highest BCUT2D eigenvalue weighted by atomic mass is 32.1. The molecule has 1 saturated heterocycles. The SMILES string of the molecule is CC(C)Oc1ccc(C(=O)N2CCC(c3nc(C(=O)Nc4ccn[nH]4)cs3)CC2)cc1. The van der Waals surface area contributed by atoms with E-state index >= 15 is 0 Å². The standard InChI is InChI=1S/C22H25N5O3S/c1-14(2)30-17-5-3-16(4-6-17)22(29)27-11-8-15(9-12-27)21-24-18(13-31-21)20(28)25-19-7-10-23-26-19/h3-7,10,13-15H,8-9,11-12H2,1-2H3,(H2,23,25,26,28). The molecule has 8 nitrogen and oxygen atoms in total. The quantitative estimate of drug-likeness (QED) is 0.606. The Balaban J connectivity index is 1.32. The molecular weight excluding hydrogens is 414 g/mol. The number of H-pyrrole nitrogens is 1. The molecule has 0 saturated carbocycles. The van der Waals surface area contributed by atoms with Crippen LogP contribution in [0.3, 0.4) is 0 Å². The van der Waals surface area contributed by atoms with E-state index in [1.165, 1.54) is 11.3 Å². The molecule has 4 rings (SSSR count). The Hall–Kier alpha value is -3.20. The van der Waals surface area contributed by atoms with Crippen molar-refractivity contribution in [3.63, 3.8) is 0 Å². The van der Waals surface area contributed by atoms with Gasteiger partial charge in [-0.1, -0.05) is 0 Å². The maximum Gasteiger partial charge on any atom is 0.276 e. The minimum Gasteiger partial charge on any atom is -0.491 e. The van der Waals surface area contributed by atoms with Crippen molar-refractivity contribution in [2.75, 3.05) is 18.4 Å². The van der Waals surface area contributed by atoms with Crippen molar-refractivity contribution >= 4 is 29.0 Å². The molecule has 3 heterocycles. The zero-order valence-corrected chi connectivity index (χ0v) is 18.3. The molecule has 0 bridgehead atoms. The summed E-state index contributed by atoms with van der Waals surface area (Å²) in [7, 11) is 0. The average Bonchev–Trinajstić information content (AvgIpc) is 3.46. The highest BCUT2D eigenvalue weighted by molar-refractivity contribution is 7.10. The molecule has 0 radical (unpaired) electrons. The summed E-state index contributed by atoms with van der Waals surface area (Å²) in [6.07, 6.45) is 3.33. The van der Waals surface area contributed by atoms with Crippen LogP contribution in [0.4, 0.5) is 5.82 Å². The Morgan fingerprint density at radius 2 is 1.94 bits per heavy atom. The Labute approximate surface area is 184 Å². The van der Waals surface area contributed by atoms with Crippen LogP contribution >= 0.6 is 11.3 Å². The molecule has 0 aliphatic carbocycles. The zero-order valence-electron chi connectivity index (χ0n) is 17.5. The predicted octanol–water partition coefficient (Wildman–Crippen LogP) is 3.93. The van der Waals surface area contributed by atoms with Gasteiger partial charge >= 0.3 is 0 Å². The summed E-state index contributed by atoms with van der Waals surface area (Å²) in [4.78, 5) is 31.6. The van der Waals surface area contributed by atoms with Crippen molar-refractivity contribution < 1.29 is 14.3 Å². The van der Waals surface area contributed by atoms with Gasteiger partial charge < -0.3 is 15.0 Å². The Morgan fingerprint density at radius 1 is 1.19 bits per heavy atom. The first-order valence-electron chi connectivity index (χ1n) is 10.3. The third-order valence-corrected chi connectivity index (χ3v) is 6.12. The fraction of sp³-hybridized carbons (Fsp3) is 0.364. The van der Waals surface area contributed by atoms with E-state index < -0.39 is 0 Å². The van der Waals surface area contributed by atoms with Crippen LogP contribution in [0.2, 0.25) is 0 Å². The van der Waals surface area contributed by atoms with Crippen molar-refractivity contribution in [2.24, 2.45) is 0 Å². The number of nitrogens with zero attached hydrogens (tertiary/aromatic N) is 3. The number of benzene rings is 1. The van der Waals surface area contributed by atoms with Gasteiger partial charge in [0, 0.05) is 36.0 Å². The average molecular weight is 440 g/mol. The van der Waals surface area contributed by atoms with Crippen molar-refractivity contribution in [3.8, 4) is 5.75 Å². The lowest BCUT2D eigenvalue weighted by atomic mass is 9.97. The number of aromatic nitrogens is 3. The number of aromatic amines is 1. The van der Waals surface area contributed by atoms with Gasteiger partial charge in [0.1, 0.15) is 17.3 Å². The van der Waals surface area contributed by atoms with Gasteiger partial charge in [-0.3, -0.25) is 14.7 Å². The van der Waals surface area contributed by atoms with Crippen molar-refractivity contribution in [1.29, 1.82) is 0 Å². The summed E-state index contributed by atoms with van der Waals surface area (Å²) < 4.78 is 5.64. The van der Waals surface area contributed by atoms with E-state index in [-0.39, 0.29) is 23.8 Å². The smallest absolute Gasteiger partial charge is 0.276 e. The monoisotopic (exact) mass is 439 g/mol. The summed E-state index contributed by atoms with van der Waals surface area (Å²) in [6.45, 7) is 5.28. The maximum absolute atomic E-state index is 12.8. The lowest BCUT2D eigenvalue weighted by molar-refractivity contribution is 0.0713. The van der Waals surface area contributed by atoms with Gasteiger partial charge in [-0.25, -0.2) is 4.98 Å². The Morgan fingerprint density at radius 3 is 2.58 bits per heavy atom. The molecule has 9 heteroatoms. The summed E-state index contributed by atoms with van der Waals surface area (Å²) in [5.41, 5.74) is 1.07. The van der Waals surface area contributed by atoms with E-state index in [0.717, 1.165) is 23.6 Å². The second-order valence-corrected chi connectivity index (χ2v) is 8.64. The number of carbonyl (C=O) groups is 2. The van der Waals surface area contributed by atoms with Crippen LogP contribution in [0.25, 0.3) is 0 Å². The molecule has 162 valence electrons. The van der Waals surface area contributed by atoms with Crippen molar-refractivity contribution in [2.45, 2.75) is 38.7 Å². The molecule has 1 fully saturated rings. The zero-order chi connectivity index (χ0) is 21.8. The van der Waals surface area contributed by atoms with Gasteiger partial charge in [0.25, 0.3) is 11.8 Å². The molecule has 1 aliphatic heterocycles. The first-order chi connectivity index (χ1) is 15.0. The van der Waals surface area contributed by atoms with Gasteiger partial charge in [0.2, 0.25) is 0 Å². The molecule has 2 N–H and O–H groups in total. The largest absolute Gasteiger partial charge is 0.491 e. The summed E-state index contributed by atoms with van der Waals surface area (Å²) in [5, 5.41) is 12.0. The topological polar surface area (TPSA) is 100 Å². The molecule has 1 aromatic carbocycles. The van der Waals surface area contributed by atoms with Crippen LogP contribution in [-0.2, 0) is 0 Å². The highest BCUT2D eigenvalue weighted by Gasteiger charge is 2.27. The van der Waals surface area contributed by atoms with Crippen LogP contribution in [0, 0.1) is 0 Å². The fourth-order valence-electron chi connectivity index (χ4n) is 3.55. The second kappa shape index (κ2) is 9.30. The number of anilines is 1. The van der Waals surface area contributed by atoms with E-state index in [9.17, 15) is 9.59 Å². The van der Waals surface area contributed by atoms with E-state index in [4.69, 9.17) is 4.74 Å². The first kappa shape index (κ1) is 21.0. The number of piperidine rings is 1.